The molecule has 0 amide bonds. The smallest absolute Gasteiger partial charge is 0.313 e. The van der Waals surface area contributed by atoms with Gasteiger partial charge < -0.3 is 9.74 Å². The third-order valence-electron chi connectivity index (χ3n) is 3.71. The molecule has 1 aromatic rings. The van der Waals surface area contributed by atoms with Crippen molar-refractivity contribution in [1.29, 1.82) is 0 Å². The quantitative estimate of drug-likeness (QED) is 0.613. The molecule has 1 aromatic carbocycles. The molecule has 0 N–H and O–H groups in total. The molecule has 0 aromatic heterocycles. The van der Waals surface area contributed by atoms with Crippen molar-refractivity contribution in [2.24, 2.45) is 11.1 Å². The fourth-order valence-electron chi connectivity index (χ4n) is 2.24. The average molecular weight is 339 g/mol. The number of hydrogen-bond donors (Lipinski definition) is 0. The molecule has 0 saturated carbocycles. The van der Waals surface area contributed by atoms with Crippen LogP contribution in [0, 0.1) is 5.92 Å². The summed E-state index contributed by atoms with van der Waals surface area (Å²) in [6.07, 6.45) is 0.839. The molecule has 1 aliphatic heterocycles. The standard InChI is InChI=1S/C15H19BrN2O2/c1-10-9-18(3)11(2)8-14(10)17-20-15(19)12-4-6-13(16)7-5-12/h4-7,10-11H,8-9H2,1-3H3/b17-14-. The minimum absolute atomic E-state index is 0.314. The van der Waals surface area contributed by atoms with E-state index in [4.69, 9.17) is 4.84 Å². The van der Waals surface area contributed by atoms with Gasteiger partial charge in [0.25, 0.3) is 0 Å². The number of likely N-dealkylation sites (tertiary alicyclic amines) is 1. The van der Waals surface area contributed by atoms with E-state index in [-0.39, 0.29) is 0 Å². The monoisotopic (exact) mass is 338 g/mol. The van der Waals surface area contributed by atoms with E-state index in [1.807, 2.05) is 12.1 Å². The zero-order valence-corrected chi connectivity index (χ0v) is 13.6. The van der Waals surface area contributed by atoms with Gasteiger partial charge in [-0.25, -0.2) is 4.79 Å². The lowest BCUT2D eigenvalue weighted by Gasteiger charge is -2.34. The molecule has 1 fully saturated rings. The van der Waals surface area contributed by atoms with Gasteiger partial charge in [0.05, 0.1) is 11.3 Å². The molecule has 5 heteroatoms. The summed E-state index contributed by atoms with van der Waals surface area (Å²) in [6, 6.07) is 7.48. The van der Waals surface area contributed by atoms with Gasteiger partial charge in [0.15, 0.2) is 0 Å². The van der Waals surface area contributed by atoms with Crippen LogP contribution in [0.3, 0.4) is 0 Å². The minimum atomic E-state index is -0.413. The van der Waals surface area contributed by atoms with E-state index in [0.29, 0.717) is 17.5 Å². The SMILES string of the molecule is CC1CN(C)C(C)C/C1=N/OC(=O)c1ccc(Br)cc1. The molecule has 20 heavy (non-hydrogen) atoms. The molecule has 0 bridgehead atoms. The summed E-state index contributed by atoms with van der Waals surface area (Å²) in [5.74, 6) is -0.0994. The summed E-state index contributed by atoms with van der Waals surface area (Å²) in [6.45, 7) is 5.20. The van der Waals surface area contributed by atoms with Gasteiger partial charge in [-0.3, -0.25) is 0 Å². The van der Waals surface area contributed by atoms with Crippen LogP contribution in [0.4, 0.5) is 0 Å². The van der Waals surface area contributed by atoms with E-state index in [1.54, 1.807) is 12.1 Å². The van der Waals surface area contributed by atoms with Gasteiger partial charge >= 0.3 is 5.97 Å². The van der Waals surface area contributed by atoms with E-state index in [0.717, 1.165) is 23.1 Å². The number of halogens is 1. The normalized spacial score (nSPS) is 25.7. The number of carbonyl (C=O) groups is 1. The molecule has 1 saturated heterocycles. The Kier molecular flexibility index (Phi) is 4.94. The van der Waals surface area contributed by atoms with Crippen LogP contribution in [0.15, 0.2) is 33.9 Å². The lowest BCUT2D eigenvalue weighted by Crippen LogP contribution is -2.43. The van der Waals surface area contributed by atoms with Crippen molar-refractivity contribution in [2.45, 2.75) is 26.3 Å². The molecule has 0 aliphatic carbocycles. The fraction of sp³-hybridized carbons (Fsp3) is 0.467. The highest BCUT2D eigenvalue weighted by Gasteiger charge is 2.26. The Balaban J connectivity index is 2.01. The Morgan fingerprint density at radius 1 is 1.35 bits per heavy atom. The molecule has 1 aliphatic rings. The number of carbonyl (C=O) groups excluding carboxylic acids is 1. The van der Waals surface area contributed by atoms with Crippen LogP contribution < -0.4 is 0 Å². The first-order valence-electron chi connectivity index (χ1n) is 6.71. The molecule has 1 heterocycles. The summed E-state index contributed by atoms with van der Waals surface area (Å²) in [5, 5.41) is 4.08. The molecule has 108 valence electrons. The summed E-state index contributed by atoms with van der Waals surface area (Å²) in [5.41, 5.74) is 1.47. The van der Waals surface area contributed by atoms with Crippen molar-refractivity contribution in [1.82, 2.24) is 4.90 Å². The molecule has 2 unspecified atom stereocenters. The average Bonchev–Trinajstić information content (AvgIpc) is 2.42. The largest absolute Gasteiger partial charge is 0.365 e. The predicted octanol–water partition coefficient (Wildman–Crippen LogP) is 3.32. The molecule has 0 spiro atoms. The number of benzene rings is 1. The second-order valence-electron chi connectivity index (χ2n) is 5.36. The topological polar surface area (TPSA) is 41.9 Å². The Morgan fingerprint density at radius 3 is 2.65 bits per heavy atom. The van der Waals surface area contributed by atoms with Crippen LogP contribution in [-0.4, -0.2) is 36.2 Å². The first-order valence-corrected chi connectivity index (χ1v) is 7.50. The predicted molar refractivity (Wildman–Crippen MR) is 82.9 cm³/mol. The maximum Gasteiger partial charge on any atom is 0.365 e. The zero-order chi connectivity index (χ0) is 14.7. The third kappa shape index (κ3) is 3.67. The van der Waals surface area contributed by atoms with E-state index in [1.165, 1.54) is 0 Å². The van der Waals surface area contributed by atoms with Crippen molar-refractivity contribution < 1.29 is 9.63 Å². The second-order valence-corrected chi connectivity index (χ2v) is 6.28. The van der Waals surface area contributed by atoms with E-state index >= 15 is 0 Å². The van der Waals surface area contributed by atoms with Gasteiger partial charge in [0.1, 0.15) is 0 Å². The van der Waals surface area contributed by atoms with Crippen LogP contribution in [0.2, 0.25) is 0 Å². The number of hydrogen-bond acceptors (Lipinski definition) is 4. The Morgan fingerprint density at radius 2 is 2.00 bits per heavy atom. The lowest BCUT2D eigenvalue weighted by molar-refractivity contribution is 0.0508. The Bertz CT molecular complexity index is 513. The van der Waals surface area contributed by atoms with E-state index in [2.05, 4.69) is 46.9 Å². The van der Waals surface area contributed by atoms with Crippen molar-refractivity contribution in [3.8, 4) is 0 Å². The summed E-state index contributed by atoms with van der Waals surface area (Å²) < 4.78 is 0.929. The van der Waals surface area contributed by atoms with Gasteiger partial charge in [-0.05, 0) is 38.2 Å². The summed E-state index contributed by atoms with van der Waals surface area (Å²) >= 11 is 3.33. The van der Waals surface area contributed by atoms with Crippen LogP contribution in [-0.2, 0) is 4.84 Å². The number of nitrogens with zero attached hydrogens (tertiary/aromatic N) is 2. The van der Waals surface area contributed by atoms with Gasteiger partial charge in [0.2, 0.25) is 0 Å². The van der Waals surface area contributed by atoms with Gasteiger partial charge in [-0.2, -0.15) is 0 Å². The summed E-state index contributed by atoms with van der Waals surface area (Å²) in [7, 11) is 2.10. The van der Waals surface area contributed by atoms with Crippen LogP contribution in [0.1, 0.15) is 30.6 Å². The van der Waals surface area contributed by atoms with Gasteiger partial charge in [0, 0.05) is 29.4 Å². The molecular formula is C15H19BrN2O2. The van der Waals surface area contributed by atoms with Gasteiger partial charge in [-0.1, -0.05) is 28.0 Å². The third-order valence-corrected chi connectivity index (χ3v) is 4.24. The molecule has 2 atom stereocenters. The van der Waals surface area contributed by atoms with E-state index < -0.39 is 5.97 Å². The molecule has 2 rings (SSSR count). The number of rotatable bonds is 2. The highest BCUT2D eigenvalue weighted by Crippen LogP contribution is 2.18. The van der Waals surface area contributed by atoms with Crippen LogP contribution in [0.25, 0.3) is 0 Å². The maximum absolute atomic E-state index is 11.9. The van der Waals surface area contributed by atoms with Gasteiger partial charge in [-0.15, -0.1) is 0 Å². The Hall–Kier alpha value is -1.20. The van der Waals surface area contributed by atoms with Crippen molar-refractivity contribution >= 4 is 27.6 Å². The number of oxime groups is 1. The summed E-state index contributed by atoms with van der Waals surface area (Å²) in [4.78, 5) is 19.3. The highest BCUT2D eigenvalue weighted by atomic mass is 79.9. The molecule has 4 nitrogen and oxygen atoms in total. The maximum atomic E-state index is 11.9. The van der Waals surface area contributed by atoms with Crippen molar-refractivity contribution in [3.05, 3.63) is 34.3 Å². The lowest BCUT2D eigenvalue weighted by atomic mass is 9.93. The first kappa shape index (κ1) is 15.2. The Labute approximate surface area is 127 Å². The highest BCUT2D eigenvalue weighted by molar-refractivity contribution is 9.10. The fourth-order valence-corrected chi connectivity index (χ4v) is 2.51. The molecule has 0 radical (unpaired) electrons. The minimum Gasteiger partial charge on any atom is -0.313 e. The van der Waals surface area contributed by atoms with E-state index in [9.17, 15) is 4.79 Å². The second kappa shape index (κ2) is 6.50. The van der Waals surface area contributed by atoms with Crippen molar-refractivity contribution in [2.75, 3.05) is 13.6 Å². The van der Waals surface area contributed by atoms with Crippen molar-refractivity contribution in [3.63, 3.8) is 0 Å². The van der Waals surface area contributed by atoms with Crippen LogP contribution in [0.5, 0.6) is 0 Å². The zero-order valence-electron chi connectivity index (χ0n) is 12.0. The van der Waals surface area contributed by atoms with Crippen LogP contribution >= 0.6 is 15.9 Å². The first-order chi connectivity index (χ1) is 9.47. The molecular weight excluding hydrogens is 320 g/mol. The number of piperidine rings is 1.